The first-order valence-electron chi connectivity index (χ1n) is 4.19. The van der Waals surface area contributed by atoms with Crippen molar-refractivity contribution in [2.75, 3.05) is 6.61 Å². The van der Waals surface area contributed by atoms with Crippen molar-refractivity contribution < 1.29 is 9.94 Å². The summed E-state index contributed by atoms with van der Waals surface area (Å²) in [6.07, 6.45) is 6.11. The van der Waals surface area contributed by atoms with Crippen LogP contribution in [-0.4, -0.2) is 33.7 Å². The van der Waals surface area contributed by atoms with Crippen molar-refractivity contribution in [3.63, 3.8) is 0 Å². The van der Waals surface area contributed by atoms with Crippen molar-refractivity contribution in [2.24, 2.45) is 5.16 Å². The maximum absolute atomic E-state index is 8.36. The monoisotopic (exact) mass is 181 g/mol. The van der Waals surface area contributed by atoms with Crippen LogP contribution < -0.4 is 0 Å². The van der Waals surface area contributed by atoms with Crippen molar-refractivity contribution in [1.29, 1.82) is 0 Å². The Kier molecular flexibility index (Phi) is 2.27. The number of hydrogen-bond acceptors (Lipinski definition) is 4. The van der Waals surface area contributed by atoms with Crippen LogP contribution in [0, 0.1) is 0 Å². The summed E-state index contributed by atoms with van der Waals surface area (Å²) >= 11 is 0. The van der Waals surface area contributed by atoms with Crippen molar-refractivity contribution in [2.45, 2.75) is 19.1 Å². The van der Waals surface area contributed by atoms with Crippen LogP contribution in [0.15, 0.2) is 17.7 Å². The Hall–Kier alpha value is -1.36. The van der Waals surface area contributed by atoms with Crippen LogP contribution in [0.3, 0.4) is 0 Å². The zero-order valence-electron chi connectivity index (χ0n) is 7.13. The van der Waals surface area contributed by atoms with E-state index in [4.69, 9.17) is 9.94 Å². The molecule has 2 heterocycles. The molecule has 1 aliphatic rings. The van der Waals surface area contributed by atoms with Gasteiger partial charge in [-0.2, -0.15) is 0 Å². The van der Waals surface area contributed by atoms with Crippen molar-refractivity contribution >= 4 is 6.21 Å². The summed E-state index contributed by atoms with van der Waals surface area (Å²) < 4.78 is 7.19. The summed E-state index contributed by atoms with van der Waals surface area (Å²) in [6, 6.07) is 0. The molecule has 1 fully saturated rings. The van der Waals surface area contributed by atoms with E-state index in [1.807, 2.05) is 4.57 Å². The molecule has 0 aliphatic carbocycles. The summed E-state index contributed by atoms with van der Waals surface area (Å²) in [5.41, 5.74) is 0.790. The van der Waals surface area contributed by atoms with E-state index >= 15 is 0 Å². The Balaban J connectivity index is 2.05. The average Bonchev–Trinajstić information content (AvgIpc) is 2.46. The van der Waals surface area contributed by atoms with Gasteiger partial charge in [-0.15, -0.1) is 0 Å². The fourth-order valence-electron chi connectivity index (χ4n) is 1.30. The molecule has 5 nitrogen and oxygen atoms in total. The Bertz CT molecular complexity index is 304. The van der Waals surface area contributed by atoms with E-state index in [0.717, 1.165) is 25.3 Å². The van der Waals surface area contributed by atoms with Crippen LogP contribution in [-0.2, 0) is 11.3 Å². The second kappa shape index (κ2) is 3.57. The minimum atomic E-state index is 0.292. The fraction of sp³-hybridized carbons (Fsp3) is 0.500. The molecular weight excluding hydrogens is 170 g/mol. The summed E-state index contributed by atoms with van der Waals surface area (Å²) in [5.74, 6) is 0. The molecule has 0 radical (unpaired) electrons. The summed E-state index contributed by atoms with van der Waals surface area (Å²) in [6.45, 7) is 1.63. The van der Waals surface area contributed by atoms with Gasteiger partial charge in [-0.1, -0.05) is 5.16 Å². The number of aromatic nitrogens is 2. The van der Waals surface area contributed by atoms with Crippen molar-refractivity contribution in [1.82, 2.24) is 9.55 Å². The Morgan fingerprint density at radius 1 is 1.85 bits per heavy atom. The highest BCUT2D eigenvalue weighted by Crippen LogP contribution is 2.13. The fourth-order valence-corrected chi connectivity index (χ4v) is 1.30. The largest absolute Gasteiger partial charge is 0.411 e. The number of ether oxygens (including phenoxy) is 1. The zero-order valence-corrected chi connectivity index (χ0v) is 7.13. The summed E-state index contributed by atoms with van der Waals surface area (Å²) in [4.78, 5) is 3.96. The van der Waals surface area contributed by atoms with Gasteiger partial charge in [0.1, 0.15) is 0 Å². The highest BCUT2D eigenvalue weighted by molar-refractivity contribution is 5.76. The van der Waals surface area contributed by atoms with E-state index in [0.29, 0.717) is 6.10 Å². The molecule has 70 valence electrons. The van der Waals surface area contributed by atoms with Crippen LogP contribution in [0.4, 0.5) is 0 Å². The SMILES string of the molecule is ON=Cc1cncn1CC1CCO1. The molecule has 1 unspecified atom stereocenters. The quantitative estimate of drug-likeness (QED) is 0.419. The van der Waals surface area contributed by atoms with E-state index in [9.17, 15) is 0 Å². The van der Waals surface area contributed by atoms with Crippen LogP contribution in [0.5, 0.6) is 0 Å². The third-order valence-corrected chi connectivity index (χ3v) is 2.13. The first-order valence-corrected chi connectivity index (χ1v) is 4.19. The summed E-state index contributed by atoms with van der Waals surface area (Å²) in [7, 11) is 0. The maximum atomic E-state index is 8.36. The molecule has 1 aliphatic heterocycles. The third kappa shape index (κ3) is 1.70. The molecule has 1 aromatic rings. The topological polar surface area (TPSA) is 59.6 Å². The highest BCUT2D eigenvalue weighted by Gasteiger charge is 2.18. The molecule has 13 heavy (non-hydrogen) atoms. The van der Waals surface area contributed by atoms with Gasteiger partial charge in [-0.3, -0.25) is 0 Å². The van der Waals surface area contributed by atoms with Gasteiger partial charge in [-0.25, -0.2) is 4.98 Å². The van der Waals surface area contributed by atoms with Crippen LogP contribution in [0.25, 0.3) is 0 Å². The van der Waals surface area contributed by atoms with Gasteiger partial charge in [0.25, 0.3) is 0 Å². The number of hydrogen-bond donors (Lipinski definition) is 1. The number of nitrogens with zero attached hydrogens (tertiary/aromatic N) is 3. The molecular formula is C8H11N3O2. The van der Waals surface area contributed by atoms with Gasteiger partial charge in [-0.05, 0) is 6.42 Å². The van der Waals surface area contributed by atoms with Gasteiger partial charge in [0.05, 0.1) is 37.1 Å². The van der Waals surface area contributed by atoms with Crippen LogP contribution in [0.1, 0.15) is 12.1 Å². The number of oxime groups is 1. The molecule has 1 aromatic heterocycles. The molecule has 5 heteroatoms. The van der Waals surface area contributed by atoms with Gasteiger partial charge in [0.2, 0.25) is 0 Å². The van der Waals surface area contributed by atoms with Crippen LogP contribution >= 0.6 is 0 Å². The van der Waals surface area contributed by atoms with E-state index in [2.05, 4.69) is 10.1 Å². The average molecular weight is 181 g/mol. The lowest BCUT2D eigenvalue weighted by molar-refractivity contribution is -0.0592. The first-order chi connectivity index (χ1) is 6.40. The normalized spacial score (nSPS) is 22.0. The molecule has 0 spiro atoms. The number of imidazole rings is 1. The lowest BCUT2D eigenvalue weighted by atomic mass is 10.2. The van der Waals surface area contributed by atoms with Gasteiger partial charge < -0.3 is 14.5 Å². The van der Waals surface area contributed by atoms with E-state index in [1.165, 1.54) is 6.21 Å². The molecule has 1 saturated heterocycles. The lowest BCUT2D eigenvalue weighted by Crippen LogP contribution is -2.31. The molecule has 1 N–H and O–H groups in total. The molecule has 2 rings (SSSR count). The lowest BCUT2D eigenvalue weighted by Gasteiger charge is -2.26. The third-order valence-electron chi connectivity index (χ3n) is 2.13. The molecule has 0 aromatic carbocycles. The Morgan fingerprint density at radius 2 is 2.69 bits per heavy atom. The molecule has 0 saturated carbocycles. The molecule has 0 amide bonds. The Labute approximate surface area is 75.6 Å². The standard InChI is InChI=1S/C8H11N3O2/c12-10-4-7-3-9-6-11(7)5-8-1-2-13-8/h3-4,6,8,12H,1-2,5H2. The van der Waals surface area contributed by atoms with Gasteiger partial charge in [0.15, 0.2) is 0 Å². The van der Waals surface area contributed by atoms with E-state index in [-0.39, 0.29) is 0 Å². The van der Waals surface area contributed by atoms with Gasteiger partial charge >= 0.3 is 0 Å². The predicted molar refractivity (Wildman–Crippen MR) is 46.0 cm³/mol. The second-order valence-corrected chi connectivity index (χ2v) is 3.00. The first kappa shape index (κ1) is 8.25. The zero-order chi connectivity index (χ0) is 9.10. The second-order valence-electron chi connectivity index (χ2n) is 3.00. The summed E-state index contributed by atoms with van der Waals surface area (Å²) in [5, 5.41) is 11.3. The number of rotatable bonds is 3. The molecule has 1 atom stereocenters. The van der Waals surface area contributed by atoms with E-state index in [1.54, 1.807) is 12.5 Å². The predicted octanol–water partition coefficient (Wildman–Crippen LogP) is 0.480. The molecule has 0 bridgehead atoms. The highest BCUT2D eigenvalue weighted by atomic mass is 16.5. The smallest absolute Gasteiger partial charge is 0.0952 e. The minimum absolute atomic E-state index is 0.292. The van der Waals surface area contributed by atoms with Gasteiger partial charge in [0, 0.05) is 6.61 Å². The van der Waals surface area contributed by atoms with E-state index < -0.39 is 0 Å². The maximum Gasteiger partial charge on any atom is 0.0952 e. The van der Waals surface area contributed by atoms with Crippen LogP contribution in [0.2, 0.25) is 0 Å². The minimum Gasteiger partial charge on any atom is -0.411 e. The van der Waals surface area contributed by atoms with Crippen molar-refractivity contribution in [3.05, 3.63) is 18.2 Å². The Morgan fingerprint density at radius 3 is 3.31 bits per heavy atom. The van der Waals surface area contributed by atoms with Crippen molar-refractivity contribution in [3.8, 4) is 0 Å².